The normalized spacial score (nSPS) is 10.3. The molecule has 0 saturated carbocycles. The maximum absolute atomic E-state index is 10.8. The zero-order valence-electron chi connectivity index (χ0n) is 11.4. The minimum absolute atomic E-state index is 0.0122. The van der Waals surface area contributed by atoms with Gasteiger partial charge in [0.15, 0.2) is 0 Å². The summed E-state index contributed by atoms with van der Waals surface area (Å²) in [5.74, 6) is 0.730. The van der Waals surface area contributed by atoms with E-state index in [1.54, 1.807) is 0 Å². The number of rotatable bonds is 4. The quantitative estimate of drug-likeness (QED) is 0.525. The molecule has 0 aliphatic rings. The SMILES string of the molecule is Cc1cc(C)cc(OCc2cc([N+](=O)[O-])ccc2N)c1. The number of hydrogen-bond acceptors (Lipinski definition) is 4. The maximum atomic E-state index is 10.8. The average Bonchev–Trinajstić information content (AvgIpc) is 2.36. The van der Waals surface area contributed by atoms with Gasteiger partial charge in [-0.1, -0.05) is 6.07 Å². The summed E-state index contributed by atoms with van der Waals surface area (Å²) in [5, 5.41) is 10.8. The van der Waals surface area contributed by atoms with E-state index in [9.17, 15) is 10.1 Å². The molecule has 2 rings (SSSR count). The molecule has 5 heteroatoms. The lowest BCUT2D eigenvalue weighted by atomic mass is 10.1. The van der Waals surface area contributed by atoms with Crippen molar-refractivity contribution in [3.8, 4) is 5.75 Å². The van der Waals surface area contributed by atoms with Crippen LogP contribution in [0.25, 0.3) is 0 Å². The minimum Gasteiger partial charge on any atom is -0.489 e. The first-order valence-corrected chi connectivity index (χ1v) is 6.19. The molecule has 0 aliphatic carbocycles. The molecule has 0 atom stereocenters. The first-order valence-electron chi connectivity index (χ1n) is 6.19. The number of aryl methyl sites for hydroxylation is 2. The van der Waals surface area contributed by atoms with Gasteiger partial charge < -0.3 is 10.5 Å². The van der Waals surface area contributed by atoms with Crippen LogP contribution in [0.5, 0.6) is 5.75 Å². The molecule has 0 saturated heterocycles. The van der Waals surface area contributed by atoms with Crippen molar-refractivity contribution >= 4 is 11.4 Å². The molecule has 0 heterocycles. The Morgan fingerprint density at radius 3 is 2.40 bits per heavy atom. The Balaban J connectivity index is 2.18. The van der Waals surface area contributed by atoms with E-state index in [4.69, 9.17) is 10.5 Å². The molecule has 2 aromatic carbocycles. The minimum atomic E-state index is -0.445. The fourth-order valence-corrected chi connectivity index (χ4v) is 2.01. The zero-order valence-corrected chi connectivity index (χ0v) is 11.4. The molecule has 5 nitrogen and oxygen atoms in total. The average molecular weight is 272 g/mol. The van der Waals surface area contributed by atoms with Gasteiger partial charge in [-0.2, -0.15) is 0 Å². The summed E-state index contributed by atoms with van der Waals surface area (Å²) in [4.78, 5) is 10.3. The number of nitro benzene ring substituents is 1. The van der Waals surface area contributed by atoms with Crippen LogP contribution in [0.1, 0.15) is 16.7 Å². The number of nitro groups is 1. The van der Waals surface area contributed by atoms with Crippen molar-refractivity contribution in [1.82, 2.24) is 0 Å². The molecule has 0 unspecified atom stereocenters. The molecule has 0 bridgehead atoms. The van der Waals surface area contributed by atoms with Gasteiger partial charge in [-0.05, 0) is 43.2 Å². The van der Waals surface area contributed by atoms with Crippen LogP contribution < -0.4 is 10.5 Å². The molecule has 0 aromatic heterocycles. The van der Waals surface area contributed by atoms with E-state index in [-0.39, 0.29) is 12.3 Å². The molecule has 0 amide bonds. The first kappa shape index (κ1) is 13.9. The number of nitrogens with two attached hydrogens (primary N) is 1. The summed E-state index contributed by atoms with van der Waals surface area (Å²) in [7, 11) is 0. The molecule has 2 N–H and O–H groups in total. The molecule has 0 fully saturated rings. The van der Waals surface area contributed by atoms with Gasteiger partial charge in [0.05, 0.1) is 4.92 Å². The van der Waals surface area contributed by atoms with Gasteiger partial charge in [0, 0.05) is 23.4 Å². The summed E-state index contributed by atoms with van der Waals surface area (Å²) in [6, 6.07) is 10.2. The van der Waals surface area contributed by atoms with Gasteiger partial charge >= 0.3 is 0 Å². The number of nitrogens with zero attached hydrogens (tertiary/aromatic N) is 1. The smallest absolute Gasteiger partial charge is 0.269 e. The third kappa shape index (κ3) is 3.26. The number of benzene rings is 2. The predicted molar refractivity (Wildman–Crippen MR) is 77.8 cm³/mol. The molecular formula is C15H16N2O3. The van der Waals surface area contributed by atoms with Gasteiger partial charge in [0.2, 0.25) is 0 Å². The summed E-state index contributed by atoms with van der Waals surface area (Å²) >= 11 is 0. The number of non-ortho nitro benzene ring substituents is 1. The topological polar surface area (TPSA) is 78.4 Å². The van der Waals surface area contributed by atoms with Gasteiger partial charge in [0.25, 0.3) is 5.69 Å². The van der Waals surface area contributed by atoms with Crippen LogP contribution in [0.2, 0.25) is 0 Å². The van der Waals surface area contributed by atoms with Crippen LogP contribution in [0.15, 0.2) is 36.4 Å². The van der Waals surface area contributed by atoms with E-state index < -0.39 is 4.92 Å². The Morgan fingerprint density at radius 1 is 1.15 bits per heavy atom. The maximum Gasteiger partial charge on any atom is 0.269 e. The highest BCUT2D eigenvalue weighted by Gasteiger charge is 2.09. The summed E-state index contributed by atoms with van der Waals surface area (Å²) < 4.78 is 5.67. The Bertz CT molecular complexity index is 633. The van der Waals surface area contributed by atoms with Gasteiger partial charge in [-0.15, -0.1) is 0 Å². The van der Waals surface area contributed by atoms with Crippen molar-refractivity contribution < 1.29 is 9.66 Å². The lowest BCUT2D eigenvalue weighted by Gasteiger charge is -2.10. The number of nitrogen functional groups attached to an aromatic ring is 1. The zero-order chi connectivity index (χ0) is 14.7. The van der Waals surface area contributed by atoms with Crippen molar-refractivity contribution in [2.45, 2.75) is 20.5 Å². The Labute approximate surface area is 117 Å². The second kappa shape index (κ2) is 5.61. The Hall–Kier alpha value is -2.56. The Morgan fingerprint density at radius 2 is 1.80 bits per heavy atom. The van der Waals surface area contributed by atoms with Gasteiger partial charge in [-0.25, -0.2) is 0 Å². The van der Waals surface area contributed by atoms with Crippen LogP contribution in [-0.4, -0.2) is 4.92 Å². The van der Waals surface area contributed by atoms with E-state index in [1.807, 2.05) is 26.0 Å². The van der Waals surface area contributed by atoms with Crippen molar-refractivity contribution in [2.24, 2.45) is 0 Å². The third-order valence-corrected chi connectivity index (χ3v) is 2.93. The molecule has 0 aliphatic heterocycles. The van der Waals surface area contributed by atoms with E-state index >= 15 is 0 Å². The number of anilines is 1. The van der Waals surface area contributed by atoms with Crippen molar-refractivity contribution in [1.29, 1.82) is 0 Å². The lowest BCUT2D eigenvalue weighted by molar-refractivity contribution is -0.384. The first-order chi connectivity index (χ1) is 9.45. The highest BCUT2D eigenvalue weighted by molar-refractivity contribution is 5.52. The fraction of sp³-hybridized carbons (Fsp3) is 0.200. The Kier molecular flexibility index (Phi) is 3.89. The number of hydrogen-bond donors (Lipinski definition) is 1. The van der Waals surface area contributed by atoms with Crippen LogP contribution >= 0.6 is 0 Å². The molecule has 20 heavy (non-hydrogen) atoms. The van der Waals surface area contributed by atoms with Gasteiger partial charge in [0.1, 0.15) is 12.4 Å². The monoisotopic (exact) mass is 272 g/mol. The second-order valence-corrected chi connectivity index (χ2v) is 4.75. The highest BCUT2D eigenvalue weighted by atomic mass is 16.6. The molecule has 0 radical (unpaired) electrons. The predicted octanol–water partition coefficient (Wildman–Crippen LogP) is 3.37. The molecule has 0 spiro atoms. The van der Waals surface area contributed by atoms with Gasteiger partial charge in [-0.3, -0.25) is 10.1 Å². The van der Waals surface area contributed by atoms with E-state index in [1.165, 1.54) is 18.2 Å². The highest BCUT2D eigenvalue weighted by Crippen LogP contribution is 2.22. The molecular weight excluding hydrogens is 256 g/mol. The number of ether oxygens (including phenoxy) is 1. The van der Waals surface area contributed by atoms with Crippen LogP contribution in [0.4, 0.5) is 11.4 Å². The lowest BCUT2D eigenvalue weighted by Crippen LogP contribution is -2.02. The summed E-state index contributed by atoms with van der Waals surface area (Å²) in [6.07, 6.45) is 0. The van der Waals surface area contributed by atoms with Crippen molar-refractivity contribution in [3.63, 3.8) is 0 Å². The third-order valence-electron chi connectivity index (χ3n) is 2.93. The summed E-state index contributed by atoms with van der Waals surface area (Å²) in [6.45, 7) is 4.18. The van der Waals surface area contributed by atoms with Crippen molar-refractivity contribution in [2.75, 3.05) is 5.73 Å². The molecule has 2 aromatic rings. The fourth-order valence-electron chi connectivity index (χ4n) is 2.01. The van der Waals surface area contributed by atoms with Crippen LogP contribution in [0, 0.1) is 24.0 Å². The van der Waals surface area contributed by atoms with Crippen molar-refractivity contribution in [3.05, 3.63) is 63.2 Å². The van der Waals surface area contributed by atoms with E-state index in [0.717, 1.165) is 16.9 Å². The summed E-state index contributed by atoms with van der Waals surface area (Å²) in [5.41, 5.74) is 9.13. The molecule has 104 valence electrons. The van der Waals surface area contributed by atoms with E-state index in [0.29, 0.717) is 11.3 Å². The largest absolute Gasteiger partial charge is 0.489 e. The van der Waals surface area contributed by atoms with Crippen LogP contribution in [0.3, 0.4) is 0 Å². The van der Waals surface area contributed by atoms with Crippen LogP contribution in [-0.2, 0) is 6.61 Å². The standard InChI is InChI=1S/C15H16N2O3/c1-10-5-11(2)7-14(6-10)20-9-12-8-13(17(18)19)3-4-15(12)16/h3-8H,9,16H2,1-2H3. The second-order valence-electron chi connectivity index (χ2n) is 4.75. The van der Waals surface area contributed by atoms with E-state index in [2.05, 4.69) is 6.07 Å².